The molecule has 0 aliphatic carbocycles. The van der Waals surface area contributed by atoms with E-state index in [1.54, 1.807) is 12.3 Å². The summed E-state index contributed by atoms with van der Waals surface area (Å²) in [6.07, 6.45) is 5.20. The molecular weight excluding hydrogens is 236 g/mol. The molecule has 17 heavy (non-hydrogen) atoms. The summed E-state index contributed by atoms with van der Waals surface area (Å²) in [5.74, 6) is 0.633. The van der Waals surface area contributed by atoms with E-state index in [9.17, 15) is 0 Å². The summed E-state index contributed by atoms with van der Waals surface area (Å²) < 4.78 is 11.3. The fraction of sp³-hybridized carbons (Fsp3) is 0.500. The lowest BCUT2D eigenvalue weighted by Crippen LogP contribution is -2.26. The summed E-state index contributed by atoms with van der Waals surface area (Å²) in [6, 6.07) is 3.63. The summed E-state index contributed by atoms with van der Waals surface area (Å²) in [7, 11) is 0. The Morgan fingerprint density at radius 3 is 3.18 bits per heavy atom. The van der Waals surface area contributed by atoms with Gasteiger partial charge >= 0.3 is 0 Å². The molecule has 1 fully saturated rings. The summed E-state index contributed by atoms with van der Waals surface area (Å²) in [6.45, 7) is 1.35. The molecule has 0 spiro atoms. The van der Waals surface area contributed by atoms with E-state index in [-0.39, 0.29) is 11.1 Å². The highest BCUT2D eigenvalue weighted by Crippen LogP contribution is 2.18. The highest BCUT2D eigenvalue weighted by Gasteiger charge is 2.15. The van der Waals surface area contributed by atoms with E-state index in [4.69, 9.17) is 27.4 Å². The maximum absolute atomic E-state index is 5.68. The lowest BCUT2D eigenvalue weighted by Gasteiger charge is -2.22. The van der Waals surface area contributed by atoms with Crippen LogP contribution in [-0.2, 0) is 4.74 Å². The van der Waals surface area contributed by atoms with Gasteiger partial charge in [-0.25, -0.2) is 4.98 Å². The first kappa shape index (κ1) is 12.3. The number of ether oxygens (including phenoxy) is 2. The van der Waals surface area contributed by atoms with Gasteiger partial charge < -0.3 is 15.2 Å². The largest absolute Gasteiger partial charge is 0.489 e. The molecule has 2 rings (SSSR count). The van der Waals surface area contributed by atoms with Gasteiger partial charge in [-0.15, -0.1) is 0 Å². The molecule has 2 N–H and O–H groups in total. The molecule has 2 heterocycles. The average Bonchev–Trinajstić information content (AvgIpc) is 2.38. The van der Waals surface area contributed by atoms with Gasteiger partial charge in [0.25, 0.3) is 0 Å². The van der Waals surface area contributed by atoms with Crippen molar-refractivity contribution >= 4 is 17.2 Å². The van der Waals surface area contributed by atoms with Crippen LogP contribution in [0.5, 0.6) is 5.75 Å². The minimum atomic E-state index is 0.170. The molecule has 92 valence electrons. The van der Waals surface area contributed by atoms with E-state index in [0.29, 0.717) is 18.1 Å². The maximum Gasteiger partial charge on any atom is 0.148 e. The zero-order chi connectivity index (χ0) is 12.1. The maximum atomic E-state index is 5.68. The zero-order valence-corrected chi connectivity index (χ0v) is 10.4. The molecule has 0 saturated carbocycles. The first-order chi connectivity index (χ1) is 8.27. The molecule has 1 aromatic rings. The van der Waals surface area contributed by atoms with Crippen LogP contribution in [0, 0.1) is 0 Å². The fourth-order valence-electron chi connectivity index (χ4n) is 1.81. The van der Waals surface area contributed by atoms with E-state index in [1.165, 1.54) is 6.42 Å². The number of hydrogen-bond acceptors (Lipinski definition) is 4. The lowest BCUT2D eigenvalue weighted by molar-refractivity contribution is -0.0111. The number of hydrogen-bond donors (Lipinski definition) is 1. The number of nitrogens with two attached hydrogens (primary N) is 1. The quantitative estimate of drug-likeness (QED) is 0.826. The van der Waals surface area contributed by atoms with Crippen LogP contribution in [0.25, 0.3) is 0 Å². The smallest absolute Gasteiger partial charge is 0.148 e. The molecule has 1 aliphatic rings. The summed E-state index contributed by atoms with van der Waals surface area (Å²) >= 11 is 4.92. The van der Waals surface area contributed by atoms with Crippen LogP contribution in [0.2, 0.25) is 0 Å². The van der Waals surface area contributed by atoms with Crippen LogP contribution in [-0.4, -0.2) is 29.3 Å². The van der Waals surface area contributed by atoms with Gasteiger partial charge in [-0.2, -0.15) is 0 Å². The van der Waals surface area contributed by atoms with Gasteiger partial charge in [0, 0.05) is 12.8 Å². The van der Waals surface area contributed by atoms with Crippen LogP contribution in [0.3, 0.4) is 0 Å². The average molecular weight is 252 g/mol. The fourth-order valence-corrected chi connectivity index (χ4v) is 1.97. The third-order valence-corrected chi connectivity index (χ3v) is 2.90. The van der Waals surface area contributed by atoms with Gasteiger partial charge in [0.05, 0.1) is 6.10 Å². The first-order valence-corrected chi connectivity index (χ1v) is 6.17. The Hall–Kier alpha value is -1.20. The van der Waals surface area contributed by atoms with Crippen LogP contribution < -0.4 is 10.5 Å². The van der Waals surface area contributed by atoms with Crippen molar-refractivity contribution < 1.29 is 9.47 Å². The molecule has 1 aliphatic heterocycles. The number of pyridine rings is 1. The second-order valence-electron chi connectivity index (χ2n) is 4.01. The predicted octanol–water partition coefficient (Wildman–Crippen LogP) is 1.66. The van der Waals surface area contributed by atoms with Crippen molar-refractivity contribution in [3.63, 3.8) is 0 Å². The van der Waals surface area contributed by atoms with Crippen molar-refractivity contribution in [3.8, 4) is 5.75 Å². The molecule has 1 aromatic heterocycles. The molecule has 0 bridgehead atoms. The molecule has 1 saturated heterocycles. The van der Waals surface area contributed by atoms with E-state index in [2.05, 4.69) is 4.98 Å². The third-order valence-electron chi connectivity index (χ3n) is 2.70. The van der Waals surface area contributed by atoms with Crippen LogP contribution in [0.4, 0.5) is 0 Å². The minimum Gasteiger partial charge on any atom is -0.489 e. The Morgan fingerprint density at radius 1 is 1.59 bits per heavy atom. The van der Waals surface area contributed by atoms with Crippen molar-refractivity contribution in [1.82, 2.24) is 4.98 Å². The Labute approximate surface area is 106 Å². The Morgan fingerprint density at radius 2 is 2.47 bits per heavy atom. The molecule has 5 heteroatoms. The second-order valence-corrected chi connectivity index (χ2v) is 4.45. The highest BCUT2D eigenvalue weighted by molar-refractivity contribution is 7.80. The normalized spacial score (nSPS) is 19.9. The molecule has 0 aromatic carbocycles. The number of rotatable bonds is 4. The van der Waals surface area contributed by atoms with Gasteiger partial charge in [-0.3, -0.25) is 0 Å². The van der Waals surface area contributed by atoms with Gasteiger partial charge in [0.2, 0.25) is 0 Å². The summed E-state index contributed by atoms with van der Waals surface area (Å²) in [5.41, 5.74) is 6.12. The Balaban J connectivity index is 1.96. The highest BCUT2D eigenvalue weighted by atomic mass is 32.1. The second kappa shape index (κ2) is 5.93. The molecular formula is C12H16N2O2S. The SMILES string of the molecule is NC(=S)c1ncccc1OCC1CCCCO1. The van der Waals surface area contributed by atoms with Crippen LogP contribution in [0.15, 0.2) is 18.3 Å². The third kappa shape index (κ3) is 3.38. The topological polar surface area (TPSA) is 57.4 Å². The van der Waals surface area contributed by atoms with Crippen LogP contribution >= 0.6 is 12.2 Å². The van der Waals surface area contributed by atoms with Crippen molar-refractivity contribution in [3.05, 3.63) is 24.0 Å². The molecule has 1 atom stereocenters. The summed E-state index contributed by atoms with van der Waals surface area (Å²) in [4.78, 5) is 4.36. The monoisotopic (exact) mass is 252 g/mol. The lowest BCUT2D eigenvalue weighted by atomic mass is 10.1. The minimum absolute atomic E-state index is 0.170. The van der Waals surface area contributed by atoms with E-state index in [0.717, 1.165) is 19.4 Å². The standard InChI is InChI=1S/C12H16N2O2S/c13-12(17)11-10(5-3-6-14-11)16-8-9-4-1-2-7-15-9/h3,5-6,9H,1-2,4,7-8H2,(H2,13,17). The number of aromatic nitrogens is 1. The van der Waals surface area contributed by atoms with Crippen molar-refractivity contribution in [2.45, 2.75) is 25.4 Å². The number of nitrogens with zero attached hydrogens (tertiary/aromatic N) is 1. The van der Waals surface area contributed by atoms with Crippen molar-refractivity contribution in [2.75, 3.05) is 13.2 Å². The van der Waals surface area contributed by atoms with E-state index >= 15 is 0 Å². The zero-order valence-electron chi connectivity index (χ0n) is 9.59. The van der Waals surface area contributed by atoms with Crippen LogP contribution in [0.1, 0.15) is 25.0 Å². The van der Waals surface area contributed by atoms with Gasteiger partial charge in [0.1, 0.15) is 23.0 Å². The first-order valence-electron chi connectivity index (χ1n) is 5.76. The van der Waals surface area contributed by atoms with E-state index in [1.807, 2.05) is 6.07 Å². The van der Waals surface area contributed by atoms with Crippen molar-refractivity contribution in [2.24, 2.45) is 5.73 Å². The molecule has 4 nitrogen and oxygen atoms in total. The van der Waals surface area contributed by atoms with Gasteiger partial charge in [-0.1, -0.05) is 12.2 Å². The van der Waals surface area contributed by atoms with Crippen molar-refractivity contribution in [1.29, 1.82) is 0 Å². The van der Waals surface area contributed by atoms with E-state index < -0.39 is 0 Å². The molecule has 1 unspecified atom stereocenters. The Kier molecular flexibility index (Phi) is 4.28. The van der Waals surface area contributed by atoms with Gasteiger partial charge in [0.15, 0.2) is 0 Å². The molecule has 0 radical (unpaired) electrons. The Bertz CT molecular complexity index is 392. The van der Waals surface area contributed by atoms with Gasteiger partial charge in [-0.05, 0) is 31.4 Å². The molecule has 0 amide bonds. The summed E-state index contributed by atoms with van der Waals surface area (Å²) in [5, 5.41) is 0. The number of thiocarbonyl (C=S) groups is 1. The predicted molar refractivity (Wildman–Crippen MR) is 69.2 cm³/mol.